The van der Waals surface area contributed by atoms with Crippen LogP contribution in [0.2, 0.25) is 5.28 Å². The summed E-state index contributed by atoms with van der Waals surface area (Å²) in [6.07, 6.45) is -1.31. The van der Waals surface area contributed by atoms with Gasteiger partial charge in [-0.2, -0.15) is 9.97 Å². The van der Waals surface area contributed by atoms with Crippen molar-refractivity contribution >= 4 is 42.1 Å². The van der Waals surface area contributed by atoms with Gasteiger partial charge in [-0.3, -0.25) is 9.13 Å². The molecular formula is C17H21ClN5O9P. The highest BCUT2D eigenvalue weighted by atomic mass is 35.5. The number of halogens is 1. The van der Waals surface area contributed by atoms with Gasteiger partial charge in [0, 0.05) is 6.42 Å². The molecule has 2 saturated carbocycles. The van der Waals surface area contributed by atoms with Gasteiger partial charge in [0.05, 0.1) is 19.5 Å². The summed E-state index contributed by atoms with van der Waals surface area (Å²) in [5.74, 6) is -3.80. The van der Waals surface area contributed by atoms with E-state index in [9.17, 15) is 29.4 Å². The third kappa shape index (κ3) is 3.28. The van der Waals surface area contributed by atoms with Gasteiger partial charge in [0.15, 0.2) is 17.7 Å². The number of methoxy groups -OCH3 is 1. The number of ether oxygens (including phenoxy) is 3. The Morgan fingerprint density at radius 2 is 2.12 bits per heavy atom. The Bertz CT molecular complexity index is 1190. The highest BCUT2D eigenvalue weighted by Gasteiger charge is 2.81. The lowest BCUT2D eigenvalue weighted by molar-refractivity contribution is -0.157. The molecule has 0 amide bonds. The van der Waals surface area contributed by atoms with Crippen LogP contribution in [0.25, 0.3) is 11.2 Å². The Labute approximate surface area is 190 Å². The van der Waals surface area contributed by atoms with E-state index in [0.717, 1.165) is 7.11 Å². The Kier molecular flexibility index (Phi) is 5.06. The first-order chi connectivity index (χ1) is 15.4. The minimum Gasteiger partial charge on any atom is -0.467 e. The fourth-order valence-electron chi connectivity index (χ4n) is 4.71. The average molecular weight is 506 g/mol. The number of anilines is 1. The van der Waals surface area contributed by atoms with Crippen LogP contribution in [0.3, 0.4) is 0 Å². The highest BCUT2D eigenvalue weighted by Crippen LogP contribution is 2.67. The topological polar surface area (TPSA) is 212 Å². The summed E-state index contributed by atoms with van der Waals surface area (Å²) in [6, 6.07) is 0. The van der Waals surface area contributed by atoms with Gasteiger partial charge in [-0.25, -0.2) is 9.78 Å². The summed E-state index contributed by atoms with van der Waals surface area (Å²) in [4.78, 5) is 43.1. The molecule has 2 aromatic heterocycles. The van der Waals surface area contributed by atoms with E-state index in [1.807, 2.05) is 0 Å². The van der Waals surface area contributed by atoms with Gasteiger partial charge in [0.25, 0.3) is 5.85 Å². The molecule has 14 nitrogen and oxygen atoms in total. The number of imidazole rings is 1. The first kappa shape index (κ1) is 22.9. The molecule has 1 spiro atoms. The van der Waals surface area contributed by atoms with Crippen LogP contribution >= 0.6 is 19.2 Å². The van der Waals surface area contributed by atoms with Crippen molar-refractivity contribution in [1.82, 2.24) is 19.5 Å². The maximum atomic E-state index is 11.9. The number of aromatic nitrogens is 4. The third-order valence-electron chi connectivity index (χ3n) is 6.48. The molecule has 1 aliphatic heterocycles. The first-order valence-corrected chi connectivity index (χ1v) is 12.0. The number of nitrogen functional groups attached to an aromatic ring is 1. The third-order valence-corrected chi connectivity index (χ3v) is 7.59. The molecule has 6 N–H and O–H groups in total. The molecule has 3 aliphatic rings. The second-order valence-corrected chi connectivity index (χ2v) is 10.4. The van der Waals surface area contributed by atoms with E-state index in [0.29, 0.717) is 12.8 Å². The lowest BCUT2D eigenvalue weighted by Gasteiger charge is -2.32. The molecule has 1 saturated heterocycles. The van der Waals surface area contributed by atoms with Crippen molar-refractivity contribution in [2.45, 2.75) is 54.7 Å². The molecule has 3 heterocycles. The number of carbonyl (C=O) groups is 1. The Morgan fingerprint density at radius 1 is 1.42 bits per heavy atom. The lowest BCUT2D eigenvalue weighted by atomic mass is 9.84. The number of nitrogens with zero attached hydrogens (tertiary/aromatic N) is 4. The number of esters is 1. The minimum atomic E-state index is -5.05. The maximum Gasteiger partial charge on any atom is 0.365 e. The Balaban J connectivity index is 1.51. The summed E-state index contributed by atoms with van der Waals surface area (Å²) < 4.78 is 29.1. The summed E-state index contributed by atoms with van der Waals surface area (Å²) in [6.45, 7) is 0. The monoisotopic (exact) mass is 505 g/mol. The molecule has 16 heteroatoms. The van der Waals surface area contributed by atoms with Gasteiger partial charge >= 0.3 is 13.6 Å². The molecular weight excluding hydrogens is 485 g/mol. The van der Waals surface area contributed by atoms with Gasteiger partial charge in [0.2, 0.25) is 5.28 Å². The Morgan fingerprint density at radius 3 is 2.73 bits per heavy atom. The zero-order valence-electron chi connectivity index (χ0n) is 17.1. The maximum absolute atomic E-state index is 11.9. The van der Waals surface area contributed by atoms with E-state index in [1.54, 1.807) is 0 Å². The van der Waals surface area contributed by atoms with E-state index in [-0.39, 0.29) is 34.6 Å². The van der Waals surface area contributed by atoms with Gasteiger partial charge in [-0.1, -0.05) is 0 Å². The van der Waals surface area contributed by atoms with Crippen LogP contribution < -0.4 is 5.73 Å². The number of carbonyl (C=O) groups excluding carboxylic acids is 1. The van der Waals surface area contributed by atoms with Crippen LogP contribution in [-0.2, 0) is 23.6 Å². The second kappa shape index (κ2) is 7.30. The number of hydrogen-bond acceptors (Lipinski definition) is 11. The number of aliphatic hydroxyl groups is 2. The zero-order chi connectivity index (χ0) is 23.9. The van der Waals surface area contributed by atoms with Crippen LogP contribution in [0.4, 0.5) is 5.82 Å². The van der Waals surface area contributed by atoms with E-state index >= 15 is 0 Å². The number of rotatable bonds is 6. The fraction of sp³-hybridized carbons (Fsp3) is 0.647. The highest BCUT2D eigenvalue weighted by molar-refractivity contribution is 7.53. The van der Waals surface area contributed by atoms with Gasteiger partial charge in [-0.05, 0) is 30.4 Å². The summed E-state index contributed by atoms with van der Waals surface area (Å²) in [7, 11) is -4.08. The van der Waals surface area contributed by atoms with Crippen molar-refractivity contribution in [3.8, 4) is 0 Å². The molecule has 0 radical (unpaired) electrons. The number of aliphatic hydroxyl groups excluding tert-OH is 1. The largest absolute Gasteiger partial charge is 0.467 e. The summed E-state index contributed by atoms with van der Waals surface area (Å²) >= 11 is 5.91. The van der Waals surface area contributed by atoms with Crippen molar-refractivity contribution in [2.24, 2.45) is 5.92 Å². The number of fused-ring (bicyclic) bond motifs is 1. The average Bonchev–Trinajstić information content (AvgIpc) is 3.64. The quantitative estimate of drug-likeness (QED) is 0.187. The van der Waals surface area contributed by atoms with Crippen molar-refractivity contribution < 1.29 is 43.6 Å². The van der Waals surface area contributed by atoms with Crippen molar-refractivity contribution in [1.29, 1.82) is 0 Å². The summed E-state index contributed by atoms with van der Waals surface area (Å²) in [5.41, 5.74) is 2.86. The van der Waals surface area contributed by atoms with Gasteiger partial charge in [-0.15, -0.1) is 0 Å². The Hall–Kier alpha value is -1.90. The van der Waals surface area contributed by atoms with Gasteiger partial charge < -0.3 is 39.9 Å². The van der Waals surface area contributed by atoms with Crippen LogP contribution in [-0.4, -0.2) is 81.9 Å². The van der Waals surface area contributed by atoms with E-state index < -0.39 is 49.0 Å². The number of nitrogens with two attached hydrogens (primary N) is 1. The van der Waals surface area contributed by atoms with E-state index in [1.165, 1.54) is 10.9 Å². The van der Waals surface area contributed by atoms with Crippen LogP contribution in [0.15, 0.2) is 6.33 Å². The lowest BCUT2D eigenvalue weighted by Crippen LogP contribution is -2.53. The first-order valence-electron chi connectivity index (χ1n) is 9.96. The number of hydrogen-bond donors (Lipinski definition) is 5. The van der Waals surface area contributed by atoms with Crippen molar-refractivity contribution in [2.75, 3.05) is 12.8 Å². The van der Waals surface area contributed by atoms with E-state index in [2.05, 4.69) is 19.7 Å². The SMILES string of the molecule is COC(=O)C(OC1CC12O[C@@H](n1cnc3c(N)nc(Cl)nc31)[C@H](O)[C@@]2(O)C1CC1)P(=O)(O)O. The van der Waals surface area contributed by atoms with Crippen LogP contribution in [0, 0.1) is 5.92 Å². The summed E-state index contributed by atoms with van der Waals surface area (Å²) in [5, 5.41) is 22.7. The molecule has 3 fully saturated rings. The molecule has 0 bridgehead atoms. The molecule has 2 aliphatic carbocycles. The molecule has 33 heavy (non-hydrogen) atoms. The second-order valence-electron chi connectivity index (χ2n) is 8.44. The van der Waals surface area contributed by atoms with Crippen LogP contribution in [0.1, 0.15) is 25.5 Å². The molecule has 180 valence electrons. The molecule has 2 aromatic rings. The zero-order valence-corrected chi connectivity index (χ0v) is 18.8. The van der Waals surface area contributed by atoms with E-state index in [4.69, 9.17) is 26.8 Å². The fourth-order valence-corrected chi connectivity index (χ4v) is 5.56. The molecule has 5 rings (SSSR count). The smallest absolute Gasteiger partial charge is 0.365 e. The minimum absolute atomic E-state index is 0.0126. The van der Waals surface area contributed by atoms with Gasteiger partial charge in [0.1, 0.15) is 22.8 Å². The predicted molar refractivity (Wildman–Crippen MR) is 109 cm³/mol. The standard InChI is InChI=1S/C17H21ClN5O9P/c1-30-13(25)14(33(27,28)29)31-7-4-16(7)17(26,6-2-3-6)9(24)12(32-16)23-5-20-8-10(19)21-15(18)22-11(8)23/h5-7,9,12,14,24,26H,2-4H2,1H3,(H2,19,21,22)(H2,27,28,29)/t7?,9-,12+,14?,16?,17-/m0/s1. The molecule has 6 atom stereocenters. The van der Waals surface area contributed by atoms with Crippen molar-refractivity contribution in [3.63, 3.8) is 0 Å². The predicted octanol–water partition coefficient (Wildman–Crippen LogP) is -0.703. The van der Waals surface area contributed by atoms with Crippen LogP contribution in [0.5, 0.6) is 0 Å². The van der Waals surface area contributed by atoms with Crippen molar-refractivity contribution in [3.05, 3.63) is 11.6 Å². The molecule has 3 unspecified atom stereocenters. The normalized spacial score (nSPS) is 34.7. The molecule has 0 aromatic carbocycles.